The van der Waals surface area contributed by atoms with Crippen LogP contribution in [0.3, 0.4) is 0 Å². The predicted octanol–water partition coefficient (Wildman–Crippen LogP) is 6.84. The highest BCUT2D eigenvalue weighted by molar-refractivity contribution is 7.13. The van der Waals surface area contributed by atoms with Gasteiger partial charge >= 0.3 is 0 Å². The second-order valence-electron chi connectivity index (χ2n) is 7.54. The lowest BCUT2D eigenvalue weighted by molar-refractivity contribution is 0.102. The standard InChI is InChI=1S/C27H16ClN5O2S/c28-23-14-24(18-5-4-6-19(13-18)26(34)32-27-33-30-16-36-27)31-25(22(23)15-29)17-9-11-21(12-10-17)35-20-7-2-1-3-8-20/h1-14,16H,(H,32,33,34). The van der Waals surface area contributed by atoms with E-state index in [4.69, 9.17) is 21.3 Å². The molecule has 174 valence electrons. The second kappa shape index (κ2) is 10.4. The first kappa shape index (κ1) is 23.2. The fourth-order valence-corrected chi connectivity index (χ4v) is 4.17. The number of ether oxygens (including phenoxy) is 1. The molecule has 1 amide bonds. The van der Waals surface area contributed by atoms with Gasteiger partial charge in [-0.15, -0.1) is 10.2 Å². The first-order valence-electron chi connectivity index (χ1n) is 10.7. The predicted molar refractivity (Wildman–Crippen MR) is 139 cm³/mol. The summed E-state index contributed by atoms with van der Waals surface area (Å²) in [6, 6.07) is 27.5. The molecule has 2 aromatic heterocycles. The largest absolute Gasteiger partial charge is 0.457 e. The molecule has 0 bridgehead atoms. The Morgan fingerprint density at radius 2 is 1.72 bits per heavy atom. The number of para-hydroxylation sites is 1. The number of pyridine rings is 1. The number of aromatic nitrogens is 3. The van der Waals surface area contributed by atoms with Crippen molar-refractivity contribution >= 4 is 34.0 Å². The van der Waals surface area contributed by atoms with Crippen LogP contribution in [0, 0.1) is 11.3 Å². The van der Waals surface area contributed by atoms with Crippen molar-refractivity contribution < 1.29 is 9.53 Å². The van der Waals surface area contributed by atoms with E-state index in [1.807, 2.05) is 60.7 Å². The van der Waals surface area contributed by atoms with Crippen molar-refractivity contribution in [3.05, 3.63) is 107 Å². The van der Waals surface area contributed by atoms with E-state index in [2.05, 4.69) is 21.6 Å². The topological polar surface area (TPSA) is 101 Å². The van der Waals surface area contributed by atoms with Crippen molar-refractivity contribution in [2.75, 3.05) is 5.32 Å². The Balaban J connectivity index is 1.46. The van der Waals surface area contributed by atoms with Crippen LogP contribution in [0.25, 0.3) is 22.5 Å². The van der Waals surface area contributed by atoms with Crippen LogP contribution in [0.5, 0.6) is 11.5 Å². The lowest BCUT2D eigenvalue weighted by Crippen LogP contribution is -2.11. The molecule has 0 fully saturated rings. The van der Waals surface area contributed by atoms with E-state index in [0.717, 1.165) is 5.75 Å². The van der Waals surface area contributed by atoms with Crippen LogP contribution in [0.15, 0.2) is 90.4 Å². The summed E-state index contributed by atoms with van der Waals surface area (Å²) in [4.78, 5) is 17.4. The number of anilines is 1. The second-order valence-corrected chi connectivity index (χ2v) is 8.78. The summed E-state index contributed by atoms with van der Waals surface area (Å²) < 4.78 is 5.86. The van der Waals surface area contributed by atoms with E-state index in [1.54, 1.807) is 24.3 Å². The van der Waals surface area contributed by atoms with Crippen molar-refractivity contribution in [3.63, 3.8) is 0 Å². The number of nitrogens with one attached hydrogen (secondary N) is 1. The van der Waals surface area contributed by atoms with Gasteiger partial charge in [-0.05, 0) is 54.6 Å². The normalized spacial score (nSPS) is 10.4. The van der Waals surface area contributed by atoms with Gasteiger partial charge in [0, 0.05) is 16.7 Å². The van der Waals surface area contributed by atoms with Gasteiger partial charge in [0.2, 0.25) is 5.13 Å². The molecule has 1 N–H and O–H groups in total. The molecule has 2 heterocycles. The third-order valence-electron chi connectivity index (χ3n) is 5.19. The molecule has 0 saturated heterocycles. The van der Waals surface area contributed by atoms with E-state index < -0.39 is 0 Å². The van der Waals surface area contributed by atoms with E-state index in [0.29, 0.717) is 39.0 Å². The van der Waals surface area contributed by atoms with Gasteiger partial charge in [-0.1, -0.05) is 53.3 Å². The van der Waals surface area contributed by atoms with Gasteiger partial charge in [0.25, 0.3) is 5.91 Å². The molecule has 0 unspecified atom stereocenters. The Kier molecular flexibility index (Phi) is 6.67. The fourth-order valence-electron chi connectivity index (χ4n) is 3.50. The SMILES string of the molecule is N#Cc1c(Cl)cc(-c2cccc(C(=O)Nc3nncs3)c2)nc1-c1ccc(Oc2ccccc2)cc1. The van der Waals surface area contributed by atoms with Crippen molar-refractivity contribution in [2.45, 2.75) is 0 Å². The minimum Gasteiger partial charge on any atom is -0.457 e. The maximum atomic E-state index is 12.6. The maximum Gasteiger partial charge on any atom is 0.257 e. The summed E-state index contributed by atoms with van der Waals surface area (Å²) in [5.41, 5.74) is 4.59. The number of hydrogen-bond donors (Lipinski definition) is 1. The number of rotatable bonds is 6. The van der Waals surface area contributed by atoms with Crippen LogP contribution in [-0.2, 0) is 0 Å². The molecule has 0 radical (unpaired) electrons. The van der Waals surface area contributed by atoms with Gasteiger partial charge in [-0.2, -0.15) is 5.26 Å². The first-order chi connectivity index (χ1) is 17.6. The number of halogens is 1. The lowest BCUT2D eigenvalue weighted by Gasteiger charge is -2.11. The third kappa shape index (κ3) is 5.08. The zero-order chi connectivity index (χ0) is 24.9. The molecule has 0 aliphatic rings. The van der Waals surface area contributed by atoms with Gasteiger partial charge < -0.3 is 4.74 Å². The van der Waals surface area contributed by atoms with E-state index in [-0.39, 0.29) is 16.5 Å². The molecular weight excluding hydrogens is 494 g/mol. The highest BCUT2D eigenvalue weighted by Gasteiger charge is 2.16. The smallest absolute Gasteiger partial charge is 0.257 e. The third-order valence-corrected chi connectivity index (χ3v) is 6.10. The highest BCUT2D eigenvalue weighted by Crippen LogP contribution is 2.33. The summed E-state index contributed by atoms with van der Waals surface area (Å²) in [6.45, 7) is 0. The van der Waals surface area contributed by atoms with Crippen LogP contribution < -0.4 is 10.1 Å². The highest BCUT2D eigenvalue weighted by atomic mass is 35.5. The van der Waals surface area contributed by atoms with E-state index in [1.165, 1.54) is 16.8 Å². The first-order valence-corrected chi connectivity index (χ1v) is 12.0. The van der Waals surface area contributed by atoms with Gasteiger partial charge in [-0.3, -0.25) is 10.1 Å². The van der Waals surface area contributed by atoms with E-state index in [9.17, 15) is 10.1 Å². The van der Waals surface area contributed by atoms with Crippen LogP contribution in [0.2, 0.25) is 5.02 Å². The number of nitriles is 1. The van der Waals surface area contributed by atoms with Crippen molar-refractivity contribution in [1.82, 2.24) is 15.2 Å². The summed E-state index contributed by atoms with van der Waals surface area (Å²) in [7, 11) is 0. The number of carbonyl (C=O) groups excluding carboxylic acids is 1. The molecule has 0 aliphatic heterocycles. The quantitative estimate of drug-likeness (QED) is 0.269. The number of carbonyl (C=O) groups is 1. The molecule has 0 atom stereocenters. The molecular formula is C27H16ClN5O2S. The molecule has 3 aromatic carbocycles. The minimum absolute atomic E-state index is 0.266. The van der Waals surface area contributed by atoms with Crippen LogP contribution in [-0.4, -0.2) is 21.1 Å². The zero-order valence-electron chi connectivity index (χ0n) is 18.6. The monoisotopic (exact) mass is 509 g/mol. The molecule has 0 aliphatic carbocycles. The summed E-state index contributed by atoms with van der Waals surface area (Å²) >= 11 is 7.72. The number of nitrogens with zero attached hydrogens (tertiary/aromatic N) is 4. The Morgan fingerprint density at radius 1 is 0.944 bits per heavy atom. The molecule has 36 heavy (non-hydrogen) atoms. The van der Waals surface area contributed by atoms with Crippen molar-refractivity contribution in [3.8, 4) is 40.1 Å². The van der Waals surface area contributed by atoms with Gasteiger partial charge in [0.15, 0.2) is 0 Å². The van der Waals surface area contributed by atoms with Crippen LogP contribution in [0.1, 0.15) is 15.9 Å². The maximum absolute atomic E-state index is 12.6. The van der Waals surface area contributed by atoms with Gasteiger partial charge in [-0.25, -0.2) is 4.98 Å². The lowest BCUT2D eigenvalue weighted by atomic mass is 10.0. The van der Waals surface area contributed by atoms with Crippen LogP contribution in [0.4, 0.5) is 5.13 Å². The Morgan fingerprint density at radius 3 is 2.44 bits per heavy atom. The van der Waals surface area contributed by atoms with E-state index >= 15 is 0 Å². The molecule has 9 heteroatoms. The molecule has 7 nitrogen and oxygen atoms in total. The summed E-state index contributed by atoms with van der Waals surface area (Å²) in [5.74, 6) is 1.06. The average molecular weight is 510 g/mol. The van der Waals surface area contributed by atoms with Gasteiger partial charge in [0.05, 0.1) is 22.0 Å². The Labute approximate surface area is 215 Å². The molecule has 5 rings (SSSR count). The minimum atomic E-state index is -0.317. The Bertz CT molecular complexity index is 1570. The van der Waals surface area contributed by atoms with Crippen LogP contribution >= 0.6 is 22.9 Å². The zero-order valence-corrected chi connectivity index (χ0v) is 20.1. The molecule has 0 saturated carbocycles. The average Bonchev–Trinajstić information content (AvgIpc) is 3.42. The summed E-state index contributed by atoms with van der Waals surface area (Å²) in [6.07, 6.45) is 0. The van der Waals surface area contributed by atoms with Gasteiger partial charge in [0.1, 0.15) is 23.1 Å². The number of benzene rings is 3. The van der Waals surface area contributed by atoms with Crippen molar-refractivity contribution in [1.29, 1.82) is 5.26 Å². The fraction of sp³-hybridized carbons (Fsp3) is 0. The number of amides is 1. The summed E-state index contributed by atoms with van der Waals surface area (Å²) in [5, 5.41) is 20.7. The molecule has 0 spiro atoms. The molecule has 5 aromatic rings. The Hall–Kier alpha value is -4.58. The van der Waals surface area contributed by atoms with Crippen molar-refractivity contribution in [2.24, 2.45) is 0 Å². The number of hydrogen-bond acceptors (Lipinski definition) is 7.